The summed E-state index contributed by atoms with van der Waals surface area (Å²) in [5.74, 6) is 0.338. The van der Waals surface area contributed by atoms with Crippen LogP contribution in [0.25, 0.3) is 6.08 Å². The van der Waals surface area contributed by atoms with Gasteiger partial charge in [0, 0.05) is 0 Å². The number of amides is 1. The number of hydrogen-bond acceptors (Lipinski definition) is 9. The van der Waals surface area contributed by atoms with Gasteiger partial charge in [0.1, 0.15) is 5.75 Å². The van der Waals surface area contributed by atoms with Gasteiger partial charge in [-0.15, -0.1) is 0 Å². The summed E-state index contributed by atoms with van der Waals surface area (Å²) in [6.45, 7) is 7.99. The van der Waals surface area contributed by atoms with Gasteiger partial charge in [-0.3, -0.25) is 14.2 Å². The van der Waals surface area contributed by atoms with Gasteiger partial charge in [0.05, 0.1) is 41.7 Å². The Morgan fingerprint density at radius 1 is 1.00 bits per heavy atom. The lowest BCUT2D eigenvalue weighted by molar-refractivity contribution is -0.139. The Morgan fingerprint density at radius 3 is 2.38 bits per heavy atom. The molecule has 1 aliphatic heterocycles. The topological polar surface area (TPSA) is 131 Å². The molecule has 40 heavy (non-hydrogen) atoms. The zero-order valence-corrected chi connectivity index (χ0v) is 23.6. The number of carbonyl (C=O) groups is 2. The van der Waals surface area contributed by atoms with Gasteiger partial charge in [-0.25, -0.2) is 9.79 Å². The quantitative estimate of drug-likeness (QED) is 0.353. The largest absolute Gasteiger partial charge is 0.494 e. The number of rotatable bonds is 11. The van der Waals surface area contributed by atoms with Crippen LogP contribution in [-0.2, 0) is 14.3 Å². The number of nitrogens with zero attached hydrogens (tertiary/aromatic N) is 2. The maximum Gasteiger partial charge on any atom is 0.338 e. The van der Waals surface area contributed by atoms with Crippen LogP contribution in [-0.4, -0.2) is 42.9 Å². The van der Waals surface area contributed by atoms with Gasteiger partial charge in [-0.2, -0.15) is 0 Å². The Kier molecular flexibility index (Phi) is 9.05. The summed E-state index contributed by atoms with van der Waals surface area (Å²) in [7, 11) is 0. The molecule has 1 amide bonds. The molecule has 2 heterocycles. The SMILES string of the molecule is CCOC(=O)C1=C(C)N=c2s/c(=C/c3ccc(OCC(N)=O)c(OCC)c3)c(=O)n2[C@@H]1c1ccc(OCC)cc1. The lowest BCUT2D eigenvalue weighted by Crippen LogP contribution is -2.39. The summed E-state index contributed by atoms with van der Waals surface area (Å²) in [5.41, 5.74) is 7.09. The molecule has 0 fully saturated rings. The highest BCUT2D eigenvalue weighted by Crippen LogP contribution is 2.32. The van der Waals surface area contributed by atoms with Crippen molar-refractivity contribution in [1.29, 1.82) is 0 Å². The van der Waals surface area contributed by atoms with Crippen molar-refractivity contribution in [3.8, 4) is 17.2 Å². The third kappa shape index (κ3) is 6.09. The summed E-state index contributed by atoms with van der Waals surface area (Å²) in [5, 5.41) is 0. The molecule has 11 heteroatoms. The molecule has 1 aromatic heterocycles. The van der Waals surface area contributed by atoms with Gasteiger partial charge in [0.15, 0.2) is 22.9 Å². The van der Waals surface area contributed by atoms with Crippen LogP contribution in [0.1, 0.15) is 44.9 Å². The highest BCUT2D eigenvalue weighted by Gasteiger charge is 2.33. The number of primary amides is 1. The molecule has 0 saturated heterocycles. The average molecular weight is 566 g/mol. The first-order chi connectivity index (χ1) is 19.3. The molecule has 3 aromatic rings. The molecule has 0 bridgehead atoms. The molecule has 2 aromatic carbocycles. The van der Waals surface area contributed by atoms with E-state index in [0.717, 1.165) is 5.56 Å². The normalized spacial score (nSPS) is 14.8. The molecule has 1 aliphatic rings. The maximum absolute atomic E-state index is 13.8. The second-order valence-electron chi connectivity index (χ2n) is 8.70. The van der Waals surface area contributed by atoms with Crippen LogP contribution < -0.4 is 34.8 Å². The van der Waals surface area contributed by atoms with E-state index in [1.807, 2.05) is 38.1 Å². The molecule has 0 radical (unpaired) electrons. The Bertz CT molecular complexity index is 1620. The van der Waals surface area contributed by atoms with Crippen molar-refractivity contribution < 1.29 is 28.5 Å². The number of allylic oxidation sites excluding steroid dienone is 1. The van der Waals surface area contributed by atoms with Crippen LogP contribution in [0.3, 0.4) is 0 Å². The smallest absolute Gasteiger partial charge is 0.338 e. The van der Waals surface area contributed by atoms with Gasteiger partial charge >= 0.3 is 5.97 Å². The van der Waals surface area contributed by atoms with Crippen LogP contribution in [0.5, 0.6) is 17.2 Å². The summed E-state index contributed by atoms with van der Waals surface area (Å²) < 4.78 is 24.0. The fourth-order valence-corrected chi connectivity index (χ4v) is 5.37. The van der Waals surface area contributed by atoms with Crippen molar-refractivity contribution >= 4 is 29.3 Å². The number of nitrogens with two attached hydrogens (primary N) is 1. The Hall–Kier alpha value is -4.38. The number of benzene rings is 2. The number of ether oxygens (including phenoxy) is 4. The van der Waals surface area contributed by atoms with Gasteiger partial charge in [0.25, 0.3) is 11.5 Å². The van der Waals surface area contributed by atoms with Gasteiger partial charge in [0.2, 0.25) is 0 Å². The first-order valence-corrected chi connectivity index (χ1v) is 13.7. The van der Waals surface area contributed by atoms with E-state index in [4.69, 9.17) is 24.7 Å². The van der Waals surface area contributed by atoms with Crippen LogP contribution in [0.15, 0.2) is 63.5 Å². The van der Waals surface area contributed by atoms with Crippen molar-refractivity contribution in [3.63, 3.8) is 0 Å². The molecule has 0 aliphatic carbocycles. The predicted molar refractivity (Wildman–Crippen MR) is 150 cm³/mol. The lowest BCUT2D eigenvalue weighted by atomic mass is 9.96. The van der Waals surface area contributed by atoms with Gasteiger partial charge < -0.3 is 24.7 Å². The third-order valence-corrected chi connectivity index (χ3v) is 6.94. The van der Waals surface area contributed by atoms with Crippen LogP contribution in [0, 0.1) is 0 Å². The highest BCUT2D eigenvalue weighted by atomic mass is 32.1. The molecular formula is C29H31N3O7S. The highest BCUT2D eigenvalue weighted by molar-refractivity contribution is 7.07. The average Bonchev–Trinajstić information content (AvgIpc) is 3.22. The van der Waals surface area contributed by atoms with Crippen LogP contribution in [0.4, 0.5) is 0 Å². The minimum Gasteiger partial charge on any atom is -0.494 e. The Balaban J connectivity index is 1.83. The Labute approximate surface area is 235 Å². The first kappa shape index (κ1) is 28.6. The first-order valence-electron chi connectivity index (χ1n) is 12.9. The number of esters is 1. The third-order valence-electron chi connectivity index (χ3n) is 5.96. The second-order valence-corrected chi connectivity index (χ2v) is 9.71. The van der Waals surface area contributed by atoms with E-state index >= 15 is 0 Å². The van der Waals surface area contributed by atoms with Crippen LogP contribution in [0.2, 0.25) is 0 Å². The number of hydrogen-bond donors (Lipinski definition) is 1. The van der Waals surface area contributed by atoms with Crippen molar-refractivity contribution in [2.75, 3.05) is 26.4 Å². The molecule has 0 spiro atoms. The van der Waals surface area contributed by atoms with Crippen molar-refractivity contribution in [2.24, 2.45) is 10.7 Å². The fourth-order valence-electron chi connectivity index (χ4n) is 4.32. The molecule has 210 valence electrons. The van der Waals surface area contributed by atoms with Crippen molar-refractivity contribution in [3.05, 3.63) is 84.5 Å². The minimum absolute atomic E-state index is 0.192. The van der Waals surface area contributed by atoms with E-state index in [2.05, 4.69) is 4.99 Å². The van der Waals surface area contributed by atoms with Gasteiger partial charge in [-0.05, 0) is 69.2 Å². The van der Waals surface area contributed by atoms with E-state index in [0.29, 0.717) is 56.6 Å². The van der Waals surface area contributed by atoms with Crippen molar-refractivity contribution in [2.45, 2.75) is 33.7 Å². The predicted octanol–water partition coefficient (Wildman–Crippen LogP) is 2.46. The molecule has 1 atom stereocenters. The summed E-state index contributed by atoms with van der Waals surface area (Å²) in [4.78, 5) is 43.1. The maximum atomic E-state index is 13.8. The van der Waals surface area contributed by atoms with E-state index in [1.165, 1.54) is 15.9 Å². The summed E-state index contributed by atoms with van der Waals surface area (Å²) >= 11 is 1.22. The number of carbonyl (C=O) groups excluding carboxylic acids is 2. The van der Waals surface area contributed by atoms with Crippen LogP contribution >= 0.6 is 11.3 Å². The Morgan fingerprint density at radius 2 is 1.73 bits per heavy atom. The minimum atomic E-state index is -0.725. The number of fused-ring (bicyclic) bond motifs is 1. The molecule has 2 N–H and O–H groups in total. The fraction of sp³-hybridized carbons (Fsp3) is 0.310. The standard InChI is InChI=1S/C29H31N3O7S/c1-5-36-20-11-9-19(10-12-20)26-25(28(35)38-7-3)17(4)31-29-32(26)27(34)23(40-29)15-18-8-13-21(39-16-24(30)33)22(14-18)37-6-2/h8-15,26H,5-7,16H2,1-4H3,(H2,30,33)/b23-15+/t26-/m1/s1. The summed E-state index contributed by atoms with van der Waals surface area (Å²) in [6, 6.07) is 11.7. The van der Waals surface area contributed by atoms with Gasteiger partial charge in [-0.1, -0.05) is 29.5 Å². The van der Waals surface area contributed by atoms with E-state index in [9.17, 15) is 14.4 Å². The monoisotopic (exact) mass is 565 g/mol. The van der Waals surface area contributed by atoms with Crippen molar-refractivity contribution in [1.82, 2.24) is 4.57 Å². The number of aromatic nitrogens is 1. The van der Waals surface area contributed by atoms with E-state index < -0.39 is 17.9 Å². The zero-order valence-electron chi connectivity index (χ0n) is 22.8. The molecule has 0 saturated carbocycles. The molecule has 4 rings (SSSR count). The van der Waals surface area contributed by atoms with E-state index in [-0.39, 0.29) is 18.8 Å². The lowest BCUT2D eigenvalue weighted by Gasteiger charge is -2.24. The second kappa shape index (κ2) is 12.6. The molecule has 0 unspecified atom stereocenters. The van der Waals surface area contributed by atoms with E-state index in [1.54, 1.807) is 38.1 Å². The molecule has 10 nitrogen and oxygen atoms in total. The molecular weight excluding hydrogens is 534 g/mol. The summed E-state index contributed by atoms with van der Waals surface area (Å²) in [6.07, 6.45) is 1.73. The number of thiazole rings is 1. The zero-order chi connectivity index (χ0) is 28.8.